The van der Waals surface area contributed by atoms with Gasteiger partial charge in [0.25, 0.3) is 0 Å². The molecule has 4 rings (SSSR count). The Labute approximate surface area is 186 Å². The van der Waals surface area contributed by atoms with Gasteiger partial charge in [0, 0.05) is 41.7 Å². The summed E-state index contributed by atoms with van der Waals surface area (Å²) in [6.45, 7) is 1.09. The third-order valence-electron chi connectivity index (χ3n) is 5.83. The number of methoxy groups -OCH3 is 4. The summed E-state index contributed by atoms with van der Waals surface area (Å²) >= 11 is 0. The number of aromatic amines is 1. The predicted molar refractivity (Wildman–Crippen MR) is 119 cm³/mol. The van der Waals surface area contributed by atoms with Crippen molar-refractivity contribution in [2.24, 2.45) is 0 Å². The minimum Gasteiger partial charge on any atom is -0.493 e. The van der Waals surface area contributed by atoms with Crippen LogP contribution in [0.15, 0.2) is 30.3 Å². The molecule has 32 heavy (non-hydrogen) atoms. The molecule has 1 amide bonds. The van der Waals surface area contributed by atoms with Crippen LogP contribution in [-0.4, -0.2) is 56.7 Å². The molecule has 1 N–H and O–H groups in total. The van der Waals surface area contributed by atoms with Gasteiger partial charge in [0.2, 0.25) is 11.7 Å². The Morgan fingerprint density at radius 2 is 1.72 bits per heavy atom. The number of benzene rings is 2. The van der Waals surface area contributed by atoms with Crippen LogP contribution in [0.3, 0.4) is 0 Å². The predicted octanol–water partition coefficient (Wildman–Crippen LogP) is 3.11. The molecule has 8 heteroatoms. The van der Waals surface area contributed by atoms with Crippen molar-refractivity contribution in [3.63, 3.8) is 0 Å². The van der Waals surface area contributed by atoms with Gasteiger partial charge >= 0.3 is 5.97 Å². The number of nitrogens with zero attached hydrogens (tertiary/aromatic N) is 1. The first kappa shape index (κ1) is 21.5. The van der Waals surface area contributed by atoms with Crippen molar-refractivity contribution in [3.05, 3.63) is 52.7 Å². The van der Waals surface area contributed by atoms with E-state index in [1.54, 1.807) is 39.5 Å². The minimum absolute atomic E-state index is 0.00314. The average molecular weight is 438 g/mol. The molecule has 0 saturated carbocycles. The normalized spacial score (nSPS) is 12.9. The first-order valence-corrected chi connectivity index (χ1v) is 10.3. The van der Waals surface area contributed by atoms with Crippen molar-refractivity contribution in [2.45, 2.75) is 19.4 Å². The van der Waals surface area contributed by atoms with E-state index in [0.717, 1.165) is 34.1 Å². The van der Waals surface area contributed by atoms with Crippen molar-refractivity contribution in [1.82, 2.24) is 9.88 Å². The van der Waals surface area contributed by atoms with E-state index < -0.39 is 0 Å². The summed E-state index contributed by atoms with van der Waals surface area (Å²) in [7, 11) is 6.01. The van der Waals surface area contributed by atoms with Crippen LogP contribution >= 0.6 is 0 Å². The smallest absolute Gasteiger partial charge is 0.337 e. The summed E-state index contributed by atoms with van der Waals surface area (Å²) in [6, 6.07) is 9.03. The van der Waals surface area contributed by atoms with Gasteiger partial charge in [0.15, 0.2) is 11.5 Å². The highest BCUT2D eigenvalue weighted by molar-refractivity contribution is 5.96. The number of hydrogen-bond donors (Lipinski definition) is 1. The van der Waals surface area contributed by atoms with E-state index in [0.29, 0.717) is 35.9 Å². The van der Waals surface area contributed by atoms with Crippen LogP contribution in [0, 0.1) is 0 Å². The molecule has 1 aliphatic heterocycles. The Kier molecular flexibility index (Phi) is 5.94. The molecule has 3 aromatic rings. The molecule has 0 atom stereocenters. The third kappa shape index (κ3) is 3.84. The van der Waals surface area contributed by atoms with E-state index in [-0.39, 0.29) is 18.3 Å². The number of ether oxygens (including phenoxy) is 4. The molecule has 0 unspecified atom stereocenters. The Morgan fingerprint density at radius 1 is 1.00 bits per heavy atom. The SMILES string of the molecule is COC(=O)c1ccc2[nH]c3c(c2c1)CN(C(=O)Cc1cc(OC)c(OC)c(OC)c1)CC3. The number of carbonyl (C=O) groups excluding carboxylic acids is 2. The minimum atomic E-state index is -0.381. The maximum atomic E-state index is 13.1. The Balaban J connectivity index is 1.58. The van der Waals surface area contributed by atoms with Gasteiger partial charge in [-0.05, 0) is 35.9 Å². The zero-order valence-electron chi connectivity index (χ0n) is 18.6. The largest absolute Gasteiger partial charge is 0.493 e. The van der Waals surface area contributed by atoms with Crippen molar-refractivity contribution in [2.75, 3.05) is 35.0 Å². The molecule has 0 spiro atoms. The number of nitrogens with one attached hydrogen (secondary N) is 1. The monoisotopic (exact) mass is 438 g/mol. The van der Waals surface area contributed by atoms with Crippen LogP contribution in [0.2, 0.25) is 0 Å². The van der Waals surface area contributed by atoms with Gasteiger partial charge in [-0.15, -0.1) is 0 Å². The third-order valence-corrected chi connectivity index (χ3v) is 5.83. The summed E-state index contributed by atoms with van der Waals surface area (Å²) in [5.74, 6) is 1.15. The molecule has 0 bridgehead atoms. The molecular weight excluding hydrogens is 412 g/mol. The second-order valence-electron chi connectivity index (χ2n) is 7.61. The lowest BCUT2D eigenvalue weighted by molar-refractivity contribution is -0.131. The summed E-state index contributed by atoms with van der Waals surface area (Å²) in [4.78, 5) is 30.3. The van der Waals surface area contributed by atoms with Gasteiger partial charge in [0.05, 0.1) is 40.4 Å². The van der Waals surface area contributed by atoms with Gasteiger partial charge in [0.1, 0.15) is 0 Å². The van der Waals surface area contributed by atoms with E-state index in [1.807, 2.05) is 17.0 Å². The fraction of sp³-hybridized carbons (Fsp3) is 0.333. The fourth-order valence-corrected chi connectivity index (χ4v) is 4.20. The van der Waals surface area contributed by atoms with Crippen LogP contribution in [0.4, 0.5) is 0 Å². The Morgan fingerprint density at radius 3 is 2.34 bits per heavy atom. The molecule has 8 nitrogen and oxygen atoms in total. The highest BCUT2D eigenvalue weighted by Crippen LogP contribution is 2.38. The second kappa shape index (κ2) is 8.82. The van der Waals surface area contributed by atoms with E-state index in [9.17, 15) is 9.59 Å². The molecule has 0 radical (unpaired) electrons. The van der Waals surface area contributed by atoms with E-state index >= 15 is 0 Å². The maximum absolute atomic E-state index is 13.1. The number of carbonyl (C=O) groups is 2. The summed E-state index contributed by atoms with van der Waals surface area (Å²) in [5.41, 5.74) is 4.35. The van der Waals surface area contributed by atoms with Crippen molar-refractivity contribution >= 4 is 22.8 Å². The number of fused-ring (bicyclic) bond motifs is 3. The molecule has 2 aromatic carbocycles. The maximum Gasteiger partial charge on any atom is 0.337 e. The Hall–Kier alpha value is -3.68. The zero-order chi connectivity index (χ0) is 22.8. The number of esters is 1. The second-order valence-corrected chi connectivity index (χ2v) is 7.61. The number of rotatable bonds is 6. The average Bonchev–Trinajstić information content (AvgIpc) is 3.19. The molecular formula is C24H26N2O6. The van der Waals surface area contributed by atoms with Crippen molar-refractivity contribution in [3.8, 4) is 17.2 Å². The van der Waals surface area contributed by atoms with Crippen LogP contribution in [0.5, 0.6) is 17.2 Å². The van der Waals surface area contributed by atoms with Crippen molar-refractivity contribution in [1.29, 1.82) is 0 Å². The lowest BCUT2D eigenvalue weighted by Crippen LogP contribution is -2.36. The van der Waals surface area contributed by atoms with Gasteiger partial charge in [-0.1, -0.05) is 0 Å². The molecule has 1 aliphatic rings. The topological polar surface area (TPSA) is 90.1 Å². The molecule has 0 saturated heterocycles. The number of hydrogen-bond acceptors (Lipinski definition) is 6. The molecule has 1 aromatic heterocycles. The van der Waals surface area contributed by atoms with E-state index in [2.05, 4.69) is 4.98 Å². The van der Waals surface area contributed by atoms with Gasteiger partial charge in [-0.2, -0.15) is 0 Å². The molecule has 0 aliphatic carbocycles. The molecule has 168 valence electrons. The van der Waals surface area contributed by atoms with Gasteiger partial charge in [-0.25, -0.2) is 4.79 Å². The zero-order valence-corrected chi connectivity index (χ0v) is 18.6. The van der Waals surface area contributed by atoms with Crippen LogP contribution in [0.25, 0.3) is 10.9 Å². The van der Waals surface area contributed by atoms with Crippen LogP contribution < -0.4 is 14.2 Å². The quantitative estimate of drug-likeness (QED) is 0.595. The van der Waals surface area contributed by atoms with E-state index in [4.69, 9.17) is 18.9 Å². The first-order chi connectivity index (χ1) is 15.5. The number of aromatic nitrogens is 1. The van der Waals surface area contributed by atoms with Crippen molar-refractivity contribution < 1.29 is 28.5 Å². The lowest BCUT2D eigenvalue weighted by atomic mass is 10.0. The van der Waals surface area contributed by atoms with Gasteiger partial charge in [-0.3, -0.25) is 4.79 Å². The highest BCUT2D eigenvalue weighted by atomic mass is 16.5. The first-order valence-electron chi connectivity index (χ1n) is 10.3. The number of amides is 1. The summed E-state index contributed by atoms with van der Waals surface area (Å²) in [6.07, 6.45) is 0.931. The lowest BCUT2D eigenvalue weighted by Gasteiger charge is -2.27. The Bertz CT molecular complexity index is 1160. The highest BCUT2D eigenvalue weighted by Gasteiger charge is 2.25. The summed E-state index contributed by atoms with van der Waals surface area (Å²) in [5, 5.41) is 0.938. The fourth-order valence-electron chi connectivity index (χ4n) is 4.20. The summed E-state index contributed by atoms with van der Waals surface area (Å²) < 4.78 is 21.0. The van der Waals surface area contributed by atoms with Crippen LogP contribution in [-0.2, 0) is 28.9 Å². The van der Waals surface area contributed by atoms with Gasteiger partial charge < -0.3 is 28.8 Å². The molecule has 2 heterocycles. The number of H-pyrrole nitrogens is 1. The van der Waals surface area contributed by atoms with E-state index in [1.165, 1.54) is 7.11 Å². The van der Waals surface area contributed by atoms with Crippen LogP contribution in [0.1, 0.15) is 27.2 Å². The standard InChI is InChI=1S/C24H26N2O6/c1-29-20-9-14(10-21(30-2)23(20)31-3)11-22(27)26-8-7-19-17(13-26)16-12-15(24(28)32-4)5-6-18(16)25-19/h5-6,9-10,12,25H,7-8,11,13H2,1-4H3. The molecule has 0 fully saturated rings.